The smallest absolute Gasteiger partial charge is 0.227 e. The van der Waals surface area contributed by atoms with E-state index in [1.165, 1.54) is 0 Å². The molecule has 6 heteroatoms. The predicted molar refractivity (Wildman–Crippen MR) is 76.8 cm³/mol. The topological polar surface area (TPSA) is 66.5 Å². The van der Waals surface area contributed by atoms with Crippen molar-refractivity contribution in [3.63, 3.8) is 0 Å². The van der Waals surface area contributed by atoms with Crippen LogP contribution in [0.4, 0.5) is 0 Å². The van der Waals surface area contributed by atoms with Gasteiger partial charge < -0.3 is 10.2 Å². The van der Waals surface area contributed by atoms with Gasteiger partial charge in [0.15, 0.2) is 9.84 Å². The van der Waals surface area contributed by atoms with E-state index in [4.69, 9.17) is 0 Å². The number of hydrogen-bond donors (Lipinski definition) is 1. The van der Waals surface area contributed by atoms with Crippen molar-refractivity contribution in [3.8, 4) is 0 Å². The summed E-state index contributed by atoms with van der Waals surface area (Å²) >= 11 is 0. The molecule has 19 heavy (non-hydrogen) atoms. The summed E-state index contributed by atoms with van der Waals surface area (Å²) in [5.74, 6) is 0.283. The number of sulfone groups is 1. The lowest BCUT2D eigenvalue weighted by Gasteiger charge is -2.33. The van der Waals surface area contributed by atoms with Crippen molar-refractivity contribution < 1.29 is 13.2 Å². The summed E-state index contributed by atoms with van der Waals surface area (Å²) in [6.07, 6.45) is 1.91. The fraction of sp³-hybridized carbons (Fsp3) is 0.923. The molecule has 5 nitrogen and oxygen atoms in total. The van der Waals surface area contributed by atoms with Gasteiger partial charge in [-0.3, -0.25) is 4.79 Å². The number of carbonyl (C=O) groups excluding carboxylic acids is 1. The minimum atomic E-state index is -3.05. The maximum absolute atomic E-state index is 12.4. The molecule has 0 bridgehead atoms. The molecule has 2 atom stereocenters. The summed E-state index contributed by atoms with van der Waals surface area (Å²) in [6.45, 7) is 7.62. The van der Waals surface area contributed by atoms with Crippen LogP contribution in [0.5, 0.6) is 0 Å². The largest absolute Gasteiger partial charge is 0.339 e. The Morgan fingerprint density at radius 2 is 2.11 bits per heavy atom. The van der Waals surface area contributed by atoms with E-state index >= 15 is 0 Å². The van der Waals surface area contributed by atoms with Crippen molar-refractivity contribution in [2.24, 2.45) is 5.92 Å². The summed E-state index contributed by atoms with van der Waals surface area (Å²) in [4.78, 5) is 14.1. The molecule has 0 saturated carbocycles. The van der Waals surface area contributed by atoms with Crippen molar-refractivity contribution in [2.75, 3.05) is 31.1 Å². The molecule has 1 aliphatic heterocycles. The minimum absolute atomic E-state index is 0.000445. The van der Waals surface area contributed by atoms with E-state index in [1.54, 1.807) is 11.8 Å². The molecule has 112 valence electrons. The molecule has 0 aromatic rings. The third kappa shape index (κ3) is 4.76. The second kappa shape index (κ2) is 7.24. The number of rotatable bonds is 6. The van der Waals surface area contributed by atoms with E-state index in [0.717, 1.165) is 19.4 Å². The van der Waals surface area contributed by atoms with E-state index in [0.29, 0.717) is 13.1 Å². The SMILES string of the molecule is CCN(C(=O)C1CCCNC1)C(C)CS(=O)(=O)CC. The zero-order chi connectivity index (χ0) is 14.5. The van der Waals surface area contributed by atoms with Crippen molar-refractivity contribution in [1.29, 1.82) is 0 Å². The Bertz CT molecular complexity index is 389. The molecular formula is C13H26N2O3S. The summed E-state index contributed by atoms with van der Waals surface area (Å²) in [5, 5.41) is 3.23. The molecule has 0 aromatic heterocycles. The van der Waals surface area contributed by atoms with Gasteiger partial charge in [0.1, 0.15) is 0 Å². The second-order valence-corrected chi connectivity index (χ2v) is 7.61. The molecule has 1 fully saturated rings. The number of nitrogens with zero attached hydrogens (tertiary/aromatic N) is 1. The standard InChI is InChI=1S/C13H26N2O3S/c1-4-15(11(3)10-19(17,18)5-2)13(16)12-7-6-8-14-9-12/h11-12,14H,4-10H2,1-3H3. The zero-order valence-electron chi connectivity index (χ0n) is 12.2. The van der Waals surface area contributed by atoms with Crippen LogP contribution < -0.4 is 5.32 Å². The maximum Gasteiger partial charge on any atom is 0.227 e. The Labute approximate surface area is 116 Å². The third-order valence-corrected chi connectivity index (χ3v) is 5.61. The van der Waals surface area contributed by atoms with Gasteiger partial charge in [-0.2, -0.15) is 0 Å². The molecule has 1 aliphatic rings. The number of hydrogen-bond acceptors (Lipinski definition) is 4. The van der Waals surface area contributed by atoms with Crippen molar-refractivity contribution in [2.45, 2.75) is 39.7 Å². The Balaban J connectivity index is 2.67. The molecule has 0 aliphatic carbocycles. The highest BCUT2D eigenvalue weighted by Crippen LogP contribution is 2.16. The van der Waals surface area contributed by atoms with Gasteiger partial charge in [-0.15, -0.1) is 0 Å². The van der Waals surface area contributed by atoms with Gasteiger partial charge in [0.2, 0.25) is 5.91 Å². The first kappa shape index (κ1) is 16.4. The Hall–Kier alpha value is -0.620. The lowest BCUT2D eigenvalue weighted by molar-refractivity contribution is -0.137. The molecule has 2 unspecified atom stereocenters. The molecule has 0 spiro atoms. The minimum Gasteiger partial charge on any atom is -0.339 e. The molecule has 1 rings (SSSR count). The van der Waals surface area contributed by atoms with Crippen LogP contribution in [0.2, 0.25) is 0 Å². The lowest BCUT2D eigenvalue weighted by atomic mass is 9.97. The highest BCUT2D eigenvalue weighted by molar-refractivity contribution is 7.91. The van der Waals surface area contributed by atoms with Gasteiger partial charge >= 0.3 is 0 Å². The fourth-order valence-corrected chi connectivity index (χ4v) is 3.71. The molecule has 0 radical (unpaired) electrons. The molecule has 1 amide bonds. The van der Waals surface area contributed by atoms with E-state index in [-0.39, 0.29) is 29.4 Å². The first-order chi connectivity index (χ1) is 8.91. The Kier molecular flexibility index (Phi) is 6.26. The second-order valence-electron chi connectivity index (χ2n) is 5.22. The van der Waals surface area contributed by atoms with Crippen molar-refractivity contribution in [1.82, 2.24) is 10.2 Å². The lowest BCUT2D eigenvalue weighted by Crippen LogP contribution is -2.48. The zero-order valence-corrected chi connectivity index (χ0v) is 13.0. The predicted octanol–water partition coefficient (Wildman–Crippen LogP) is 0.658. The van der Waals surface area contributed by atoms with Crippen LogP contribution in [-0.4, -0.2) is 56.4 Å². The normalized spacial score (nSPS) is 21.9. The van der Waals surface area contributed by atoms with Crippen molar-refractivity contribution >= 4 is 15.7 Å². The van der Waals surface area contributed by atoms with Gasteiger partial charge in [0.05, 0.1) is 11.7 Å². The van der Waals surface area contributed by atoms with Crippen LogP contribution in [0.3, 0.4) is 0 Å². The van der Waals surface area contributed by atoms with E-state index in [9.17, 15) is 13.2 Å². The van der Waals surface area contributed by atoms with Crippen LogP contribution in [0.15, 0.2) is 0 Å². The first-order valence-corrected chi connectivity index (χ1v) is 8.95. The molecule has 1 saturated heterocycles. The van der Waals surface area contributed by atoms with Crippen LogP contribution >= 0.6 is 0 Å². The van der Waals surface area contributed by atoms with Crippen molar-refractivity contribution in [3.05, 3.63) is 0 Å². The third-order valence-electron chi connectivity index (χ3n) is 3.74. The van der Waals surface area contributed by atoms with E-state index in [2.05, 4.69) is 5.32 Å². The van der Waals surface area contributed by atoms with Crippen LogP contribution in [-0.2, 0) is 14.6 Å². The van der Waals surface area contributed by atoms with Gasteiger partial charge in [-0.05, 0) is 33.2 Å². The summed E-state index contributed by atoms with van der Waals surface area (Å²) < 4.78 is 23.4. The average molecular weight is 290 g/mol. The maximum atomic E-state index is 12.4. The highest BCUT2D eigenvalue weighted by Gasteiger charge is 2.29. The average Bonchev–Trinajstić information content (AvgIpc) is 2.40. The summed E-state index contributed by atoms with van der Waals surface area (Å²) in [7, 11) is -3.05. The number of piperidine rings is 1. The quantitative estimate of drug-likeness (QED) is 0.780. The molecular weight excluding hydrogens is 264 g/mol. The van der Waals surface area contributed by atoms with Crippen LogP contribution in [0, 0.1) is 5.92 Å². The molecule has 1 heterocycles. The number of carbonyl (C=O) groups is 1. The first-order valence-electron chi connectivity index (χ1n) is 7.12. The van der Waals surface area contributed by atoms with Crippen LogP contribution in [0.25, 0.3) is 0 Å². The van der Waals surface area contributed by atoms with E-state index < -0.39 is 9.84 Å². The van der Waals surface area contributed by atoms with Gasteiger partial charge in [0, 0.05) is 24.9 Å². The van der Waals surface area contributed by atoms with Gasteiger partial charge in [-0.1, -0.05) is 6.92 Å². The highest BCUT2D eigenvalue weighted by atomic mass is 32.2. The number of nitrogens with one attached hydrogen (secondary N) is 1. The number of amides is 1. The fourth-order valence-electron chi connectivity index (χ4n) is 2.56. The summed E-state index contributed by atoms with van der Waals surface area (Å²) in [5.41, 5.74) is 0. The molecule has 0 aromatic carbocycles. The monoisotopic (exact) mass is 290 g/mol. The van der Waals surface area contributed by atoms with Gasteiger partial charge in [0.25, 0.3) is 0 Å². The van der Waals surface area contributed by atoms with Crippen LogP contribution in [0.1, 0.15) is 33.6 Å². The van der Waals surface area contributed by atoms with E-state index in [1.807, 2.05) is 13.8 Å². The Morgan fingerprint density at radius 1 is 1.42 bits per heavy atom. The van der Waals surface area contributed by atoms with Gasteiger partial charge in [-0.25, -0.2) is 8.42 Å². The Morgan fingerprint density at radius 3 is 2.58 bits per heavy atom. The molecule has 1 N–H and O–H groups in total. The summed E-state index contributed by atoms with van der Waals surface area (Å²) in [6, 6.07) is -0.246.